The number of hydrogen-bond acceptors (Lipinski definition) is 3. The molecule has 0 heterocycles. The predicted molar refractivity (Wildman–Crippen MR) is 76.7 cm³/mol. The van der Waals surface area contributed by atoms with Crippen LogP contribution in [0, 0.1) is 5.92 Å². The average molecular weight is 297 g/mol. The van der Waals surface area contributed by atoms with Crippen molar-refractivity contribution in [2.24, 2.45) is 5.92 Å². The van der Waals surface area contributed by atoms with Gasteiger partial charge in [0.25, 0.3) is 0 Å². The Labute approximate surface area is 120 Å². The van der Waals surface area contributed by atoms with Crippen molar-refractivity contribution in [1.29, 1.82) is 0 Å². The van der Waals surface area contributed by atoms with Crippen molar-refractivity contribution in [3.8, 4) is 0 Å². The van der Waals surface area contributed by atoms with E-state index < -0.39 is 22.8 Å². The molecule has 1 aromatic carbocycles. The van der Waals surface area contributed by atoms with Crippen molar-refractivity contribution in [3.63, 3.8) is 0 Å². The van der Waals surface area contributed by atoms with Gasteiger partial charge in [-0.25, -0.2) is 4.79 Å². The van der Waals surface area contributed by atoms with Crippen LogP contribution in [-0.4, -0.2) is 33.0 Å². The molecule has 6 heteroatoms. The van der Waals surface area contributed by atoms with E-state index in [1.165, 1.54) is 0 Å². The molecule has 0 aliphatic rings. The molecule has 0 unspecified atom stereocenters. The number of aliphatic carboxylic acids is 1. The number of hydrogen-bond donors (Lipinski definition) is 2. The molecule has 1 aromatic rings. The zero-order chi connectivity index (χ0) is 15.1. The number of carboxylic acid groups (broad SMARTS) is 1. The normalized spacial score (nSPS) is 13.8. The lowest BCUT2D eigenvalue weighted by atomic mass is 10.1. The Balaban J connectivity index is 2.57. The summed E-state index contributed by atoms with van der Waals surface area (Å²) in [4.78, 5) is 23.3. The molecule has 1 amide bonds. The smallest absolute Gasteiger partial charge is 0.326 e. The first-order valence-corrected chi connectivity index (χ1v) is 7.70. The summed E-state index contributed by atoms with van der Waals surface area (Å²) in [6.07, 6.45) is 0.134. The molecule has 0 fully saturated rings. The van der Waals surface area contributed by atoms with Crippen molar-refractivity contribution < 1.29 is 18.9 Å². The SMILES string of the molecule is CC(C)C(=O)N[C@@H](CC[S@](=O)c1ccccc1)C(=O)O. The maximum Gasteiger partial charge on any atom is 0.326 e. The van der Waals surface area contributed by atoms with Gasteiger partial charge in [-0.15, -0.1) is 0 Å². The van der Waals surface area contributed by atoms with Crippen molar-refractivity contribution in [3.05, 3.63) is 30.3 Å². The number of carbonyl (C=O) groups is 2. The molecular formula is C14H19NO4S. The molecule has 0 aliphatic carbocycles. The van der Waals surface area contributed by atoms with Crippen LogP contribution in [-0.2, 0) is 20.4 Å². The van der Waals surface area contributed by atoms with E-state index in [1.807, 2.05) is 6.07 Å². The summed E-state index contributed by atoms with van der Waals surface area (Å²) in [6.45, 7) is 3.38. The monoisotopic (exact) mass is 297 g/mol. The van der Waals surface area contributed by atoms with Gasteiger partial charge in [-0.2, -0.15) is 0 Å². The number of amides is 1. The third kappa shape index (κ3) is 5.13. The molecule has 2 N–H and O–H groups in total. The first kappa shape index (κ1) is 16.4. The third-order valence-electron chi connectivity index (χ3n) is 2.74. The number of rotatable bonds is 7. The van der Waals surface area contributed by atoms with Gasteiger partial charge in [-0.3, -0.25) is 9.00 Å². The van der Waals surface area contributed by atoms with Crippen molar-refractivity contribution >= 4 is 22.7 Å². The van der Waals surface area contributed by atoms with Gasteiger partial charge in [-0.1, -0.05) is 32.0 Å². The second kappa shape index (κ2) is 7.79. The Kier molecular flexibility index (Phi) is 6.38. The zero-order valence-electron chi connectivity index (χ0n) is 11.5. The Bertz CT molecular complexity index is 487. The predicted octanol–water partition coefficient (Wildman–Crippen LogP) is 1.41. The van der Waals surface area contributed by atoms with Gasteiger partial charge in [0.1, 0.15) is 6.04 Å². The van der Waals surface area contributed by atoms with E-state index in [1.54, 1.807) is 38.1 Å². The molecule has 0 radical (unpaired) electrons. The summed E-state index contributed by atoms with van der Waals surface area (Å²) < 4.78 is 12.0. The van der Waals surface area contributed by atoms with Crippen LogP contribution >= 0.6 is 0 Å². The summed E-state index contributed by atoms with van der Waals surface area (Å²) in [7, 11) is -1.26. The molecule has 0 spiro atoms. The van der Waals surface area contributed by atoms with Crippen LogP contribution in [0.3, 0.4) is 0 Å². The van der Waals surface area contributed by atoms with Gasteiger partial charge < -0.3 is 10.4 Å². The highest BCUT2D eigenvalue weighted by Gasteiger charge is 2.22. The molecule has 0 aromatic heterocycles. The minimum absolute atomic E-state index is 0.134. The fraction of sp³-hybridized carbons (Fsp3) is 0.429. The Morgan fingerprint density at radius 1 is 1.25 bits per heavy atom. The quantitative estimate of drug-likeness (QED) is 0.797. The van der Waals surface area contributed by atoms with Crippen LogP contribution < -0.4 is 5.32 Å². The van der Waals surface area contributed by atoms with Crippen molar-refractivity contribution in [1.82, 2.24) is 5.32 Å². The molecule has 1 rings (SSSR count). The lowest BCUT2D eigenvalue weighted by Crippen LogP contribution is -2.43. The van der Waals surface area contributed by atoms with Crippen LogP contribution in [0.5, 0.6) is 0 Å². The van der Waals surface area contributed by atoms with E-state index in [4.69, 9.17) is 5.11 Å². The highest BCUT2D eigenvalue weighted by atomic mass is 32.2. The molecule has 0 bridgehead atoms. The average Bonchev–Trinajstić information content (AvgIpc) is 2.43. The molecule has 2 atom stereocenters. The maximum atomic E-state index is 12.0. The van der Waals surface area contributed by atoms with E-state index in [2.05, 4.69) is 5.32 Å². The van der Waals surface area contributed by atoms with Crippen LogP contribution in [0.25, 0.3) is 0 Å². The highest BCUT2D eigenvalue weighted by Crippen LogP contribution is 2.08. The Hall–Kier alpha value is -1.69. The summed E-state index contributed by atoms with van der Waals surface area (Å²) >= 11 is 0. The summed E-state index contributed by atoms with van der Waals surface area (Å²) in [5.41, 5.74) is 0. The summed E-state index contributed by atoms with van der Waals surface area (Å²) in [5.74, 6) is -1.51. The molecule has 0 aliphatic heterocycles. The summed E-state index contributed by atoms with van der Waals surface area (Å²) in [5, 5.41) is 11.5. The van der Waals surface area contributed by atoms with E-state index in [-0.39, 0.29) is 24.0 Å². The minimum atomic E-state index is -1.26. The molecule has 5 nitrogen and oxygen atoms in total. The number of benzene rings is 1. The van der Waals surface area contributed by atoms with Crippen molar-refractivity contribution in [2.75, 3.05) is 5.75 Å². The van der Waals surface area contributed by atoms with Crippen LogP contribution in [0.1, 0.15) is 20.3 Å². The maximum absolute atomic E-state index is 12.0. The molecule has 0 saturated heterocycles. The second-order valence-corrected chi connectivity index (χ2v) is 6.28. The fourth-order valence-electron chi connectivity index (χ4n) is 1.51. The lowest BCUT2D eigenvalue weighted by molar-refractivity contribution is -0.142. The first-order chi connectivity index (χ1) is 9.41. The van der Waals surface area contributed by atoms with E-state index in [9.17, 15) is 13.8 Å². The Morgan fingerprint density at radius 3 is 2.35 bits per heavy atom. The van der Waals surface area contributed by atoms with E-state index >= 15 is 0 Å². The van der Waals surface area contributed by atoms with Crippen molar-refractivity contribution in [2.45, 2.75) is 31.2 Å². The molecule has 0 saturated carbocycles. The number of carbonyl (C=O) groups excluding carboxylic acids is 1. The first-order valence-electron chi connectivity index (χ1n) is 6.38. The van der Waals surface area contributed by atoms with Crippen LogP contribution in [0.4, 0.5) is 0 Å². The minimum Gasteiger partial charge on any atom is -0.480 e. The van der Waals surface area contributed by atoms with Gasteiger partial charge in [0.05, 0.1) is 10.8 Å². The van der Waals surface area contributed by atoms with Gasteiger partial charge in [0, 0.05) is 16.6 Å². The van der Waals surface area contributed by atoms with Gasteiger partial charge in [0.15, 0.2) is 0 Å². The number of nitrogens with one attached hydrogen (secondary N) is 1. The zero-order valence-corrected chi connectivity index (χ0v) is 12.4. The molecule has 20 heavy (non-hydrogen) atoms. The van der Waals surface area contributed by atoms with Gasteiger partial charge >= 0.3 is 5.97 Å². The topological polar surface area (TPSA) is 83.5 Å². The standard InChI is InChI=1S/C14H19NO4S/c1-10(2)13(16)15-12(14(17)18)8-9-20(19)11-6-4-3-5-7-11/h3-7,10,12H,8-9H2,1-2H3,(H,15,16)(H,17,18)/t12-,20-/m0/s1. The Morgan fingerprint density at radius 2 is 1.85 bits per heavy atom. The molecular weight excluding hydrogens is 278 g/mol. The fourth-order valence-corrected chi connectivity index (χ4v) is 2.66. The highest BCUT2D eigenvalue weighted by molar-refractivity contribution is 7.85. The number of carboxylic acids is 1. The second-order valence-electron chi connectivity index (χ2n) is 4.71. The third-order valence-corrected chi connectivity index (χ3v) is 4.14. The van der Waals surface area contributed by atoms with Crippen LogP contribution in [0.15, 0.2) is 35.2 Å². The molecule has 110 valence electrons. The van der Waals surface area contributed by atoms with Gasteiger partial charge in [-0.05, 0) is 18.6 Å². The lowest BCUT2D eigenvalue weighted by Gasteiger charge is -2.15. The largest absolute Gasteiger partial charge is 0.480 e. The van der Waals surface area contributed by atoms with E-state index in [0.29, 0.717) is 4.90 Å². The van der Waals surface area contributed by atoms with Gasteiger partial charge in [0.2, 0.25) is 5.91 Å². The van der Waals surface area contributed by atoms with E-state index in [0.717, 1.165) is 0 Å². The summed E-state index contributed by atoms with van der Waals surface area (Å²) in [6, 6.07) is 7.85. The van der Waals surface area contributed by atoms with Crippen LogP contribution in [0.2, 0.25) is 0 Å².